The molecule has 7 nitrogen and oxygen atoms in total. The van der Waals surface area contributed by atoms with E-state index in [0.717, 1.165) is 18.1 Å². The van der Waals surface area contributed by atoms with Crippen LogP contribution in [0.1, 0.15) is 19.8 Å². The molecular weight excluding hydrogens is 324 g/mol. The quantitative estimate of drug-likeness (QED) is 0.876. The lowest BCUT2D eigenvalue weighted by Gasteiger charge is -2.16. The predicted molar refractivity (Wildman–Crippen MR) is 83.0 cm³/mol. The first-order chi connectivity index (χ1) is 10.5. The van der Waals surface area contributed by atoms with Gasteiger partial charge in [0.2, 0.25) is 15.9 Å². The van der Waals surface area contributed by atoms with Crippen LogP contribution in [0, 0.1) is 0 Å². The molecule has 1 unspecified atom stereocenters. The molecule has 0 bridgehead atoms. The van der Waals surface area contributed by atoms with Gasteiger partial charge in [-0.3, -0.25) is 4.79 Å². The fourth-order valence-corrected chi connectivity index (χ4v) is 4.61. The molecule has 118 valence electrons. The lowest BCUT2D eigenvalue weighted by atomic mass is 10.3. The van der Waals surface area contributed by atoms with E-state index in [1.54, 1.807) is 17.0 Å². The zero-order valence-corrected chi connectivity index (χ0v) is 13.7. The molecule has 0 saturated carbocycles. The zero-order valence-electron chi connectivity index (χ0n) is 12.0. The molecule has 1 saturated heterocycles. The monoisotopic (exact) mass is 340 g/mol. The molecule has 1 fully saturated rings. The number of fused-ring (bicyclic) bond motifs is 1. The highest BCUT2D eigenvalue weighted by atomic mass is 32.2. The molecule has 22 heavy (non-hydrogen) atoms. The molecule has 0 aliphatic carbocycles. The van der Waals surface area contributed by atoms with Gasteiger partial charge in [0.25, 0.3) is 0 Å². The molecule has 1 amide bonds. The minimum absolute atomic E-state index is 0.0110. The smallest absolute Gasteiger partial charge is 0.243 e. The van der Waals surface area contributed by atoms with Crippen molar-refractivity contribution in [3.8, 4) is 0 Å². The van der Waals surface area contributed by atoms with Crippen LogP contribution in [0.4, 0.5) is 0 Å². The van der Waals surface area contributed by atoms with Gasteiger partial charge in [-0.2, -0.15) is 8.75 Å². The van der Waals surface area contributed by atoms with E-state index in [4.69, 9.17) is 0 Å². The Labute approximate surface area is 132 Å². The minimum Gasteiger partial charge on any atom is -0.341 e. The number of likely N-dealkylation sites (tertiary alicyclic amines) is 1. The van der Waals surface area contributed by atoms with Crippen molar-refractivity contribution in [1.82, 2.24) is 18.4 Å². The zero-order chi connectivity index (χ0) is 15.7. The van der Waals surface area contributed by atoms with Gasteiger partial charge < -0.3 is 4.90 Å². The Balaban J connectivity index is 1.83. The van der Waals surface area contributed by atoms with E-state index in [9.17, 15) is 13.2 Å². The Hall–Kier alpha value is -1.58. The van der Waals surface area contributed by atoms with Gasteiger partial charge in [-0.05, 0) is 18.6 Å². The van der Waals surface area contributed by atoms with Crippen molar-refractivity contribution < 1.29 is 13.2 Å². The van der Waals surface area contributed by atoms with E-state index in [-0.39, 0.29) is 17.2 Å². The Morgan fingerprint density at radius 1 is 1.41 bits per heavy atom. The molecule has 1 aromatic heterocycles. The Bertz CT molecular complexity index is 802. The van der Waals surface area contributed by atoms with E-state index in [2.05, 4.69) is 13.5 Å². The summed E-state index contributed by atoms with van der Waals surface area (Å²) in [6.45, 7) is 3.06. The van der Waals surface area contributed by atoms with E-state index < -0.39 is 16.1 Å². The normalized spacial score (nSPS) is 19.2. The molecule has 3 rings (SSSR count). The number of hydrogen-bond donors (Lipinski definition) is 1. The number of carbonyl (C=O) groups excluding carboxylic acids is 1. The molecule has 1 aliphatic heterocycles. The van der Waals surface area contributed by atoms with Crippen LogP contribution in [0.15, 0.2) is 23.1 Å². The van der Waals surface area contributed by atoms with Gasteiger partial charge in [-0.15, -0.1) is 0 Å². The van der Waals surface area contributed by atoms with Crippen LogP contribution in [-0.4, -0.2) is 47.1 Å². The van der Waals surface area contributed by atoms with E-state index in [1.807, 2.05) is 6.92 Å². The van der Waals surface area contributed by atoms with Crippen molar-refractivity contribution in [1.29, 1.82) is 0 Å². The van der Waals surface area contributed by atoms with Crippen molar-refractivity contribution in [3.63, 3.8) is 0 Å². The molecule has 1 N–H and O–H groups in total. The topological polar surface area (TPSA) is 92.3 Å². The highest BCUT2D eigenvalue weighted by molar-refractivity contribution is 7.89. The number of nitrogens with zero attached hydrogens (tertiary/aromatic N) is 3. The number of rotatable bonds is 5. The summed E-state index contributed by atoms with van der Waals surface area (Å²) < 4.78 is 35.9. The van der Waals surface area contributed by atoms with Crippen LogP contribution in [0.2, 0.25) is 0 Å². The fraction of sp³-hybridized carbons (Fsp3) is 0.462. The van der Waals surface area contributed by atoms with Gasteiger partial charge in [-0.25, -0.2) is 13.1 Å². The lowest BCUT2D eigenvalue weighted by molar-refractivity contribution is -0.127. The highest BCUT2D eigenvalue weighted by Gasteiger charge is 2.33. The second-order valence-electron chi connectivity index (χ2n) is 5.25. The van der Waals surface area contributed by atoms with Gasteiger partial charge in [0.1, 0.15) is 15.9 Å². The van der Waals surface area contributed by atoms with Crippen LogP contribution >= 0.6 is 11.7 Å². The fourth-order valence-electron chi connectivity index (χ4n) is 2.62. The molecule has 1 aliphatic rings. The van der Waals surface area contributed by atoms with Crippen molar-refractivity contribution in [2.75, 3.05) is 13.1 Å². The van der Waals surface area contributed by atoms with Crippen molar-refractivity contribution in [3.05, 3.63) is 18.2 Å². The average molecular weight is 340 g/mol. The molecule has 0 spiro atoms. The summed E-state index contributed by atoms with van der Waals surface area (Å²) in [5, 5.41) is 0. The number of carbonyl (C=O) groups is 1. The third-order valence-electron chi connectivity index (χ3n) is 3.57. The molecule has 1 aromatic carbocycles. The summed E-state index contributed by atoms with van der Waals surface area (Å²) >= 11 is 0.979. The van der Waals surface area contributed by atoms with Gasteiger partial charge in [-0.1, -0.05) is 13.0 Å². The van der Waals surface area contributed by atoms with Crippen LogP contribution < -0.4 is 4.72 Å². The molecule has 2 aromatic rings. The molecule has 1 atom stereocenters. The Morgan fingerprint density at radius 2 is 2.23 bits per heavy atom. The standard InChI is InChI=1S/C13H16N4O3S2/c1-2-6-17-8-9(7-12(17)18)16-22(19,20)11-5-3-4-10-13(11)15-21-14-10/h3-5,9,16H,2,6-8H2,1H3. The first-order valence-electron chi connectivity index (χ1n) is 7.02. The predicted octanol–water partition coefficient (Wildman–Crippen LogP) is 0.980. The molecule has 9 heteroatoms. The average Bonchev–Trinajstić information content (AvgIpc) is 3.05. The van der Waals surface area contributed by atoms with Crippen LogP contribution in [-0.2, 0) is 14.8 Å². The van der Waals surface area contributed by atoms with E-state index in [1.165, 1.54) is 6.07 Å². The summed E-state index contributed by atoms with van der Waals surface area (Å²) in [5.41, 5.74) is 0.928. The second-order valence-corrected chi connectivity index (χ2v) is 7.46. The number of sulfonamides is 1. The maximum absolute atomic E-state index is 12.6. The van der Waals surface area contributed by atoms with Crippen molar-refractivity contribution >= 4 is 38.7 Å². The molecular formula is C13H16N4O3S2. The number of hydrogen-bond acceptors (Lipinski definition) is 6. The summed E-state index contributed by atoms with van der Waals surface area (Å²) in [6, 6.07) is 4.47. The first kappa shape index (κ1) is 15.3. The van der Waals surface area contributed by atoms with Gasteiger partial charge in [0, 0.05) is 25.6 Å². The summed E-state index contributed by atoms with van der Waals surface area (Å²) in [7, 11) is -3.73. The van der Waals surface area contributed by atoms with E-state index in [0.29, 0.717) is 24.1 Å². The van der Waals surface area contributed by atoms with Gasteiger partial charge >= 0.3 is 0 Å². The Morgan fingerprint density at radius 3 is 3.00 bits per heavy atom. The number of amides is 1. The van der Waals surface area contributed by atoms with Gasteiger partial charge in [0.05, 0.1) is 11.7 Å². The number of nitrogens with one attached hydrogen (secondary N) is 1. The number of benzene rings is 1. The third-order valence-corrected chi connectivity index (χ3v) is 5.66. The molecule has 0 radical (unpaired) electrons. The van der Waals surface area contributed by atoms with Crippen molar-refractivity contribution in [2.24, 2.45) is 0 Å². The maximum atomic E-state index is 12.6. The van der Waals surface area contributed by atoms with E-state index >= 15 is 0 Å². The van der Waals surface area contributed by atoms with Crippen molar-refractivity contribution in [2.45, 2.75) is 30.7 Å². The highest BCUT2D eigenvalue weighted by Crippen LogP contribution is 2.22. The summed E-state index contributed by atoms with van der Waals surface area (Å²) in [6.07, 6.45) is 1.06. The van der Waals surface area contributed by atoms with Gasteiger partial charge in [0.15, 0.2) is 0 Å². The van der Waals surface area contributed by atoms with Crippen LogP contribution in [0.3, 0.4) is 0 Å². The first-order valence-corrected chi connectivity index (χ1v) is 9.24. The summed E-state index contributed by atoms with van der Waals surface area (Å²) in [4.78, 5) is 13.6. The largest absolute Gasteiger partial charge is 0.341 e. The lowest BCUT2D eigenvalue weighted by Crippen LogP contribution is -2.37. The summed E-state index contributed by atoms with van der Waals surface area (Å²) in [5.74, 6) is -0.0110. The number of aromatic nitrogens is 2. The second kappa shape index (κ2) is 5.90. The van der Waals surface area contributed by atoms with Crippen LogP contribution in [0.5, 0.6) is 0 Å². The maximum Gasteiger partial charge on any atom is 0.243 e. The Kier molecular flexibility index (Phi) is 4.11. The third kappa shape index (κ3) is 2.83. The van der Waals surface area contributed by atoms with Crippen LogP contribution in [0.25, 0.3) is 11.0 Å². The minimum atomic E-state index is -3.73. The SMILES string of the molecule is CCCN1CC(NS(=O)(=O)c2cccc3nsnc23)CC1=O. The molecule has 2 heterocycles.